The van der Waals surface area contributed by atoms with Gasteiger partial charge in [0.1, 0.15) is 0 Å². The van der Waals surface area contributed by atoms with Gasteiger partial charge >= 0.3 is 0 Å². The first-order chi connectivity index (χ1) is 11.1. The molecule has 7 heteroatoms. The molecule has 0 unspecified atom stereocenters. The summed E-state index contributed by atoms with van der Waals surface area (Å²) in [6.45, 7) is 0. The second kappa shape index (κ2) is 6.97. The van der Waals surface area contributed by atoms with E-state index in [0.29, 0.717) is 5.75 Å². The summed E-state index contributed by atoms with van der Waals surface area (Å²) < 4.78 is 1.04. The summed E-state index contributed by atoms with van der Waals surface area (Å²) in [5.41, 5.74) is 3.16. The van der Waals surface area contributed by atoms with Crippen LogP contribution in [0.4, 0.5) is 5.69 Å². The molecule has 1 aromatic heterocycles. The number of benzene rings is 2. The number of halogens is 1. The Labute approximate surface area is 145 Å². The molecule has 3 aromatic rings. The highest BCUT2D eigenvalue weighted by molar-refractivity contribution is 9.10. The van der Waals surface area contributed by atoms with Crippen LogP contribution in [0.5, 0.6) is 0 Å². The molecule has 0 aliphatic heterocycles. The molecule has 0 fully saturated rings. The SMILES string of the molecule is O=[N+]([O-])c1ccc(CSc2ncc(-c3ccc(Br)cc3)[nH]2)cc1. The maximum absolute atomic E-state index is 10.6. The first-order valence-corrected chi connectivity index (χ1v) is 8.57. The maximum Gasteiger partial charge on any atom is 0.269 e. The highest BCUT2D eigenvalue weighted by Crippen LogP contribution is 2.25. The van der Waals surface area contributed by atoms with E-state index in [9.17, 15) is 10.1 Å². The number of aromatic amines is 1. The number of nitrogens with one attached hydrogen (secondary N) is 1. The van der Waals surface area contributed by atoms with E-state index in [1.54, 1.807) is 30.1 Å². The second-order valence-corrected chi connectivity index (χ2v) is 6.70. The summed E-state index contributed by atoms with van der Waals surface area (Å²) in [7, 11) is 0. The quantitative estimate of drug-likeness (QED) is 0.376. The minimum absolute atomic E-state index is 0.106. The van der Waals surface area contributed by atoms with Crippen molar-refractivity contribution in [3.8, 4) is 11.3 Å². The third-order valence-electron chi connectivity index (χ3n) is 3.23. The van der Waals surface area contributed by atoms with E-state index in [2.05, 4.69) is 25.9 Å². The summed E-state index contributed by atoms with van der Waals surface area (Å²) in [6, 6.07) is 14.6. The standard InChI is InChI=1S/C16H12BrN3O2S/c17-13-5-3-12(4-6-13)15-9-18-16(19-15)23-10-11-1-7-14(8-2-11)20(21)22/h1-9H,10H2,(H,18,19). The molecule has 0 atom stereocenters. The lowest BCUT2D eigenvalue weighted by Crippen LogP contribution is -1.88. The fourth-order valence-electron chi connectivity index (χ4n) is 2.02. The molecular formula is C16H12BrN3O2S. The van der Waals surface area contributed by atoms with Crippen molar-refractivity contribution in [2.45, 2.75) is 10.9 Å². The Balaban J connectivity index is 1.65. The number of aromatic nitrogens is 2. The van der Waals surface area contributed by atoms with Gasteiger partial charge in [-0.1, -0.05) is 52.0 Å². The molecule has 116 valence electrons. The van der Waals surface area contributed by atoms with Gasteiger partial charge in [0, 0.05) is 22.4 Å². The highest BCUT2D eigenvalue weighted by Gasteiger charge is 2.06. The van der Waals surface area contributed by atoms with E-state index in [-0.39, 0.29) is 5.69 Å². The molecular weight excluding hydrogens is 378 g/mol. The summed E-state index contributed by atoms with van der Waals surface area (Å²) in [4.78, 5) is 17.9. The van der Waals surface area contributed by atoms with Crippen LogP contribution < -0.4 is 0 Å². The number of nitrogens with zero attached hydrogens (tertiary/aromatic N) is 2. The average Bonchev–Trinajstić information content (AvgIpc) is 3.03. The van der Waals surface area contributed by atoms with Crippen LogP contribution in [0.2, 0.25) is 0 Å². The second-order valence-electron chi connectivity index (χ2n) is 4.82. The van der Waals surface area contributed by atoms with Crippen molar-refractivity contribution in [2.75, 3.05) is 0 Å². The van der Waals surface area contributed by atoms with Gasteiger partial charge in [0.25, 0.3) is 5.69 Å². The topological polar surface area (TPSA) is 71.8 Å². The smallest absolute Gasteiger partial charge is 0.269 e. The number of nitro benzene ring substituents is 1. The fourth-order valence-corrected chi connectivity index (χ4v) is 3.09. The van der Waals surface area contributed by atoms with Crippen LogP contribution in [0.1, 0.15) is 5.56 Å². The Morgan fingerprint density at radius 2 is 1.83 bits per heavy atom. The number of thioether (sulfide) groups is 1. The monoisotopic (exact) mass is 389 g/mol. The van der Waals surface area contributed by atoms with Crippen molar-refractivity contribution in [1.82, 2.24) is 9.97 Å². The van der Waals surface area contributed by atoms with E-state index >= 15 is 0 Å². The molecule has 1 heterocycles. The summed E-state index contributed by atoms with van der Waals surface area (Å²) in [5.74, 6) is 0.700. The van der Waals surface area contributed by atoms with Crippen molar-refractivity contribution >= 4 is 33.4 Å². The van der Waals surface area contributed by atoms with Crippen molar-refractivity contribution in [3.05, 3.63) is 74.9 Å². The van der Waals surface area contributed by atoms with Gasteiger partial charge in [-0.05, 0) is 23.3 Å². The molecule has 0 saturated heterocycles. The van der Waals surface area contributed by atoms with E-state index in [4.69, 9.17) is 0 Å². The third kappa shape index (κ3) is 4.00. The van der Waals surface area contributed by atoms with Gasteiger partial charge < -0.3 is 4.98 Å². The first-order valence-electron chi connectivity index (χ1n) is 6.79. The number of H-pyrrole nitrogens is 1. The normalized spacial score (nSPS) is 10.7. The zero-order valence-corrected chi connectivity index (χ0v) is 14.3. The van der Waals surface area contributed by atoms with Gasteiger partial charge in [-0.25, -0.2) is 4.98 Å². The first kappa shape index (κ1) is 15.8. The van der Waals surface area contributed by atoms with Gasteiger partial charge in [-0.3, -0.25) is 10.1 Å². The molecule has 23 heavy (non-hydrogen) atoms. The van der Waals surface area contributed by atoms with Gasteiger partial charge in [0.15, 0.2) is 5.16 Å². The van der Waals surface area contributed by atoms with Crippen LogP contribution in [0.15, 0.2) is 64.4 Å². The molecule has 3 rings (SSSR count). The Morgan fingerprint density at radius 1 is 1.13 bits per heavy atom. The summed E-state index contributed by atoms with van der Waals surface area (Å²) >= 11 is 4.98. The number of hydrogen-bond donors (Lipinski definition) is 1. The average molecular weight is 390 g/mol. The molecule has 0 saturated carbocycles. The molecule has 0 spiro atoms. The van der Waals surface area contributed by atoms with Crippen molar-refractivity contribution < 1.29 is 4.92 Å². The van der Waals surface area contributed by atoms with E-state index in [1.165, 1.54) is 12.1 Å². The van der Waals surface area contributed by atoms with Crippen LogP contribution >= 0.6 is 27.7 Å². The Hall–Kier alpha value is -2.12. The third-order valence-corrected chi connectivity index (χ3v) is 4.72. The Kier molecular flexibility index (Phi) is 4.78. The summed E-state index contributed by atoms with van der Waals surface area (Å²) in [5, 5.41) is 11.5. The molecule has 5 nitrogen and oxygen atoms in total. The van der Waals surface area contributed by atoms with E-state index in [1.807, 2.05) is 24.3 Å². The molecule has 0 amide bonds. The lowest BCUT2D eigenvalue weighted by molar-refractivity contribution is -0.384. The van der Waals surface area contributed by atoms with Crippen LogP contribution in [0, 0.1) is 10.1 Å². The lowest BCUT2D eigenvalue weighted by Gasteiger charge is -2.00. The van der Waals surface area contributed by atoms with Crippen molar-refractivity contribution in [3.63, 3.8) is 0 Å². The number of non-ortho nitro benzene ring substituents is 1. The molecule has 0 aliphatic rings. The molecule has 1 N–H and O–H groups in total. The van der Waals surface area contributed by atoms with Gasteiger partial charge in [0.05, 0.1) is 16.8 Å². The zero-order valence-electron chi connectivity index (χ0n) is 11.9. The Bertz CT molecular complexity index is 816. The van der Waals surface area contributed by atoms with Crippen LogP contribution in [-0.2, 0) is 5.75 Å². The van der Waals surface area contributed by atoms with Gasteiger partial charge in [-0.2, -0.15) is 0 Å². The Morgan fingerprint density at radius 3 is 2.48 bits per heavy atom. The zero-order chi connectivity index (χ0) is 16.2. The van der Waals surface area contributed by atoms with E-state index in [0.717, 1.165) is 26.4 Å². The van der Waals surface area contributed by atoms with Crippen LogP contribution in [-0.4, -0.2) is 14.9 Å². The number of imidazole rings is 1. The van der Waals surface area contributed by atoms with Gasteiger partial charge in [-0.15, -0.1) is 0 Å². The highest BCUT2D eigenvalue weighted by atomic mass is 79.9. The number of hydrogen-bond acceptors (Lipinski definition) is 4. The van der Waals surface area contributed by atoms with Crippen LogP contribution in [0.3, 0.4) is 0 Å². The molecule has 2 aromatic carbocycles. The minimum Gasteiger partial charge on any atom is -0.333 e. The van der Waals surface area contributed by atoms with E-state index < -0.39 is 4.92 Å². The van der Waals surface area contributed by atoms with Crippen LogP contribution in [0.25, 0.3) is 11.3 Å². The molecule has 0 radical (unpaired) electrons. The maximum atomic E-state index is 10.6. The van der Waals surface area contributed by atoms with Crippen molar-refractivity contribution in [2.24, 2.45) is 0 Å². The molecule has 0 bridgehead atoms. The largest absolute Gasteiger partial charge is 0.333 e. The lowest BCUT2D eigenvalue weighted by atomic mass is 10.2. The molecule has 0 aliphatic carbocycles. The van der Waals surface area contributed by atoms with Crippen molar-refractivity contribution in [1.29, 1.82) is 0 Å². The predicted octanol–water partition coefficient (Wildman–Crippen LogP) is 5.04. The summed E-state index contributed by atoms with van der Waals surface area (Å²) in [6.07, 6.45) is 1.81. The fraction of sp³-hybridized carbons (Fsp3) is 0.0625. The van der Waals surface area contributed by atoms with Gasteiger partial charge in [0.2, 0.25) is 0 Å². The number of nitro groups is 1. The predicted molar refractivity (Wildman–Crippen MR) is 94.4 cm³/mol. The minimum atomic E-state index is -0.395. The number of rotatable bonds is 5.